The van der Waals surface area contributed by atoms with Gasteiger partial charge in [-0.25, -0.2) is 0 Å². The van der Waals surface area contributed by atoms with Crippen molar-refractivity contribution >= 4 is 22.4 Å². The Morgan fingerprint density at radius 2 is 2.09 bits per heavy atom. The highest BCUT2D eigenvalue weighted by Gasteiger charge is 2.09. The van der Waals surface area contributed by atoms with Crippen molar-refractivity contribution in [3.05, 3.63) is 34.3 Å². The quantitative estimate of drug-likeness (QED) is 0.848. The lowest BCUT2D eigenvalue weighted by atomic mass is 10.1. The Morgan fingerprint density at radius 1 is 1.27 bits per heavy atom. The van der Waals surface area contributed by atoms with E-state index in [0.29, 0.717) is 10.9 Å². The second-order valence-corrected chi connectivity index (χ2v) is 6.25. The molecule has 0 unspecified atom stereocenters. The lowest BCUT2D eigenvalue weighted by Crippen LogP contribution is -2.20. The molecule has 1 aromatic heterocycles. The number of hydrogen-bond donors (Lipinski definition) is 1. The molecule has 0 fully saturated rings. The number of nitrogens with one attached hydrogen (secondary N) is 1. The molecule has 22 heavy (non-hydrogen) atoms. The molecule has 0 atom stereocenters. The molecule has 0 bridgehead atoms. The number of carbonyl (C=O) groups excluding carboxylic acids is 1. The molecule has 2 rings (SSSR count). The fraction of sp³-hybridized carbons (Fsp3) is 0.438. The van der Waals surface area contributed by atoms with Crippen molar-refractivity contribution in [2.75, 3.05) is 11.9 Å². The van der Waals surface area contributed by atoms with Gasteiger partial charge in [0.1, 0.15) is 10.8 Å². The Hall–Kier alpha value is -1.95. The second-order valence-electron chi connectivity index (χ2n) is 5.19. The van der Waals surface area contributed by atoms with E-state index in [1.807, 2.05) is 32.0 Å². The van der Waals surface area contributed by atoms with Gasteiger partial charge in [-0.3, -0.25) is 10.1 Å². The van der Waals surface area contributed by atoms with E-state index in [4.69, 9.17) is 4.74 Å². The molecular formula is C16H21N3O2S. The third-order valence-electron chi connectivity index (χ3n) is 3.31. The van der Waals surface area contributed by atoms with Gasteiger partial charge in [-0.2, -0.15) is 0 Å². The first-order chi connectivity index (χ1) is 10.6. The van der Waals surface area contributed by atoms with E-state index in [0.717, 1.165) is 29.8 Å². The predicted molar refractivity (Wildman–Crippen MR) is 88.6 cm³/mol. The van der Waals surface area contributed by atoms with Crippen molar-refractivity contribution in [1.29, 1.82) is 0 Å². The summed E-state index contributed by atoms with van der Waals surface area (Å²) >= 11 is 1.42. The minimum Gasteiger partial charge on any atom is -0.484 e. The van der Waals surface area contributed by atoms with Crippen molar-refractivity contribution < 1.29 is 9.53 Å². The van der Waals surface area contributed by atoms with Gasteiger partial charge in [0.05, 0.1) is 0 Å². The number of unbranched alkanes of at least 4 members (excludes halogenated alkanes) is 1. The molecule has 1 heterocycles. The summed E-state index contributed by atoms with van der Waals surface area (Å²) in [5.74, 6) is 0.468. The number of hydrogen-bond acceptors (Lipinski definition) is 5. The van der Waals surface area contributed by atoms with Gasteiger partial charge >= 0.3 is 0 Å². The number of carbonyl (C=O) groups is 1. The first kappa shape index (κ1) is 16.4. The van der Waals surface area contributed by atoms with E-state index in [9.17, 15) is 4.79 Å². The highest BCUT2D eigenvalue weighted by molar-refractivity contribution is 7.15. The number of aryl methyl sites for hydroxylation is 3. The molecule has 5 nitrogen and oxygen atoms in total. The van der Waals surface area contributed by atoms with Crippen LogP contribution in [-0.4, -0.2) is 22.7 Å². The molecule has 0 saturated carbocycles. The van der Waals surface area contributed by atoms with Crippen molar-refractivity contribution in [2.45, 2.75) is 40.0 Å². The molecular weight excluding hydrogens is 298 g/mol. The van der Waals surface area contributed by atoms with Crippen LogP contribution in [0, 0.1) is 13.8 Å². The standard InChI is InChI=1S/C16H21N3O2S/c1-4-5-6-15-18-19-16(22-15)17-14(20)10-21-13-8-7-11(2)12(3)9-13/h7-9H,4-6,10H2,1-3H3,(H,17,19,20). The van der Waals surface area contributed by atoms with Gasteiger partial charge in [0.2, 0.25) is 5.13 Å². The van der Waals surface area contributed by atoms with Gasteiger partial charge in [0, 0.05) is 6.42 Å². The molecule has 1 aromatic carbocycles. The van der Waals surface area contributed by atoms with Crippen LogP contribution in [0.2, 0.25) is 0 Å². The zero-order valence-electron chi connectivity index (χ0n) is 13.2. The van der Waals surface area contributed by atoms with Crippen LogP contribution in [0.3, 0.4) is 0 Å². The zero-order valence-corrected chi connectivity index (χ0v) is 14.0. The Labute approximate surface area is 134 Å². The third kappa shape index (κ3) is 4.80. The largest absolute Gasteiger partial charge is 0.484 e. The van der Waals surface area contributed by atoms with E-state index in [-0.39, 0.29) is 12.5 Å². The van der Waals surface area contributed by atoms with E-state index in [2.05, 4.69) is 22.4 Å². The van der Waals surface area contributed by atoms with Gasteiger partial charge in [-0.1, -0.05) is 30.7 Å². The summed E-state index contributed by atoms with van der Waals surface area (Å²) in [7, 11) is 0. The van der Waals surface area contributed by atoms with Crippen molar-refractivity contribution in [2.24, 2.45) is 0 Å². The summed E-state index contributed by atoms with van der Waals surface area (Å²) < 4.78 is 5.49. The molecule has 0 spiro atoms. The van der Waals surface area contributed by atoms with Crippen LogP contribution >= 0.6 is 11.3 Å². The van der Waals surface area contributed by atoms with E-state index in [1.54, 1.807) is 0 Å². The van der Waals surface area contributed by atoms with Gasteiger partial charge in [0.15, 0.2) is 6.61 Å². The van der Waals surface area contributed by atoms with Crippen molar-refractivity contribution in [3.8, 4) is 5.75 Å². The highest BCUT2D eigenvalue weighted by Crippen LogP contribution is 2.18. The summed E-state index contributed by atoms with van der Waals surface area (Å²) in [6.07, 6.45) is 3.10. The minimum atomic E-state index is -0.226. The second kappa shape index (κ2) is 7.89. The summed E-state index contributed by atoms with van der Waals surface area (Å²) in [6, 6.07) is 5.77. The van der Waals surface area contributed by atoms with Crippen LogP contribution < -0.4 is 10.1 Å². The SMILES string of the molecule is CCCCc1nnc(NC(=O)COc2ccc(C)c(C)c2)s1. The maximum atomic E-state index is 11.9. The van der Waals surface area contributed by atoms with Crippen LogP contribution in [0.5, 0.6) is 5.75 Å². The van der Waals surface area contributed by atoms with Crippen molar-refractivity contribution in [1.82, 2.24) is 10.2 Å². The molecule has 118 valence electrons. The maximum Gasteiger partial charge on any atom is 0.264 e. The first-order valence-corrected chi connectivity index (χ1v) is 8.22. The van der Waals surface area contributed by atoms with E-state index < -0.39 is 0 Å². The van der Waals surface area contributed by atoms with E-state index >= 15 is 0 Å². The van der Waals surface area contributed by atoms with Crippen LogP contribution in [0.4, 0.5) is 5.13 Å². The first-order valence-electron chi connectivity index (χ1n) is 7.40. The number of benzene rings is 1. The summed E-state index contributed by atoms with van der Waals surface area (Å²) in [5, 5.41) is 12.2. The maximum absolute atomic E-state index is 11.9. The molecule has 0 aliphatic carbocycles. The predicted octanol–water partition coefficient (Wildman–Crippen LogP) is 3.52. The van der Waals surface area contributed by atoms with Crippen LogP contribution in [-0.2, 0) is 11.2 Å². The molecule has 2 aromatic rings. The molecule has 6 heteroatoms. The monoisotopic (exact) mass is 319 g/mol. The van der Waals surface area contributed by atoms with Crippen LogP contribution in [0.15, 0.2) is 18.2 Å². The molecule has 0 aliphatic rings. The fourth-order valence-electron chi connectivity index (χ4n) is 1.84. The van der Waals surface area contributed by atoms with Gasteiger partial charge in [-0.15, -0.1) is 10.2 Å². The number of rotatable bonds is 7. The van der Waals surface area contributed by atoms with Gasteiger partial charge in [0.25, 0.3) is 5.91 Å². The average Bonchev–Trinajstić information content (AvgIpc) is 2.94. The van der Waals surface area contributed by atoms with Crippen molar-refractivity contribution in [3.63, 3.8) is 0 Å². The minimum absolute atomic E-state index is 0.0353. The molecule has 1 amide bonds. The number of nitrogens with zero attached hydrogens (tertiary/aromatic N) is 2. The summed E-state index contributed by atoms with van der Waals surface area (Å²) in [4.78, 5) is 11.9. The molecule has 0 aliphatic heterocycles. The number of ether oxygens (including phenoxy) is 1. The average molecular weight is 319 g/mol. The number of aromatic nitrogens is 2. The zero-order chi connectivity index (χ0) is 15.9. The lowest BCUT2D eigenvalue weighted by molar-refractivity contribution is -0.118. The van der Waals surface area contributed by atoms with Gasteiger partial charge in [-0.05, 0) is 43.5 Å². The Kier molecular flexibility index (Phi) is 5.89. The Morgan fingerprint density at radius 3 is 2.82 bits per heavy atom. The number of anilines is 1. The normalized spacial score (nSPS) is 10.5. The third-order valence-corrected chi connectivity index (χ3v) is 4.20. The smallest absolute Gasteiger partial charge is 0.264 e. The fourth-order valence-corrected chi connectivity index (χ4v) is 2.64. The number of amides is 1. The van der Waals surface area contributed by atoms with Crippen LogP contribution in [0.1, 0.15) is 35.9 Å². The summed E-state index contributed by atoms with van der Waals surface area (Å²) in [6.45, 7) is 6.15. The molecule has 1 N–H and O–H groups in total. The Balaban J connectivity index is 1.82. The highest BCUT2D eigenvalue weighted by atomic mass is 32.1. The van der Waals surface area contributed by atoms with E-state index in [1.165, 1.54) is 16.9 Å². The lowest BCUT2D eigenvalue weighted by Gasteiger charge is -2.07. The Bertz CT molecular complexity index is 640. The molecule has 0 radical (unpaired) electrons. The molecule has 0 saturated heterocycles. The van der Waals surface area contributed by atoms with Crippen LogP contribution in [0.25, 0.3) is 0 Å². The summed E-state index contributed by atoms with van der Waals surface area (Å²) in [5.41, 5.74) is 2.34. The topological polar surface area (TPSA) is 64.1 Å². The van der Waals surface area contributed by atoms with Gasteiger partial charge < -0.3 is 4.74 Å².